The van der Waals surface area contributed by atoms with E-state index in [2.05, 4.69) is 25.9 Å². The maximum atomic E-state index is 13.1. The number of nitrogens with zero attached hydrogens (tertiary/aromatic N) is 2. The lowest BCUT2D eigenvalue weighted by molar-refractivity contribution is -0.137. The van der Waals surface area contributed by atoms with Gasteiger partial charge in [0.25, 0.3) is 0 Å². The van der Waals surface area contributed by atoms with Crippen molar-refractivity contribution < 1.29 is 27.9 Å². The number of amides is 1. The first-order chi connectivity index (χ1) is 12.7. The Balaban J connectivity index is 2.22. The van der Waals surface area contributed by atoms with Gasteiger partial charge in [0.1, 0.15) is 11.4 Å². The van der Waals surface area contributed by atoms with E-state index in [1.165, 1.54) is 31.2 Å². The molecule has 4 N–H and O–H groups in total. The molecule has 0 bridgehead atoms. The molecule has 144 valence electrons. The van der Waals surface area contributed by atoms with Crippen molar-refractivity contribution in [2.75, 3.05) is 23.7 Å². The normalized spacial score (nSPS) is 11.0. The molecule has 2 aromatic rings. The molecule has 0 unspecified atom stereocenters. The molecule has 8 nitrogen and oxygen atoms in total. The molecule has 0 saturated heterocycles. The lowest BCUT2D eigenvalue weighted by atomic mass is 10.2. The standard InChI is InChI=1S/C16H16F3N5O3/c1-9(25)20-5-6-21-13-12(16(17,18)19)8-22-15(24-13)23-11-4-2-3-10(7-11)14(26)27/h2-4,7-8H,5-6H2,1H3,(H,20,25)(H,26,27)(H2,21,22,23,24). The van der Waals surface area contributed by atoms with Crippen molar-refractivity contribution in [2.45, 2.75) is 13.1 Å². The maximum Gasteiger partial charge on any atom is 0.421 e. The van der Waals surface area contributed by atoms with Gasteiger partial charge in [0.05, 0.1) is 5.56 Å². The van der Waals surface area contributed by atoms with Crippen molar-refractivity contribution in [3.63, 3.8) is 0 Å². The summed E-state index contributed by atoms with van der Waals surface area (Å²) in [6, 6.07) is 5.67. The first-order valence-corrected chi connectivity index (χ1v) is 7.69. The van der Waals surface area contributed by atoms with Crippen LogP contribution in [0.15, 0.2) is 30.5 Å². The Hall–Kier alpha value is -3.37. The fourth-order valence-corrected chi connectivity index (χ4v) is 2.06. The highest BCUT2D eigenvalue weighted by Gasteiger charge is 2.35. The molecule has 0 spiro atoms. The molecule has 27 heavy (non-hydrogen) atoms. The summed E-state index contributed by atoms with van der Waals surface area (Å²) in [5, 5.41) is 16.6. The summed E-state index contributed by atoms with van der Waals surface area (Å²) >= 11 is 0. The number of carboxylic acids is 1. The highest BCUT2D eigenvalue weighted by atomic mass is 19.4. The lowest BCUT2D eigenvalue weighted by Gasteiger charge is -2.15. The number of alkyl halides is 3. The van der Waals surface area contributed by atoms with E-state index < -0.39 is 23.5 Å². The number of anilines is 3. The van der Waals surface area contributed by atoms with Crippen LogP contribution in [0.3, 0.4) is 0 Å². The van der Waals surface area contributed by atoms with E-state index in [4.69, 9.17) is 5.11 Å². The highest BCUT2D eigenvalue weighted by Crippen LogP contribution is 2.34. The van der Waals surface area contributed by atoms with E-state index in [0.717, 1.165) is 0 Å². The van der Waals surface area contributed by atoms with Gasteiger partial charge in [0.15, 0.2) is 0 Å². The summed E-state index contributed by atoms with van der Waals surface area (Å²) in [6.07, 6.45) is -4.05. The molecule has 0 aliphatic rings. The van der Waals surface area contributed by atoms with Crippen LogP contribution in [0, 0.1) is 0 Å². The number of aromatic carboxylic acids is 1. The van der Waals surface area contributed by atoms with Crippen molar-refractivity contribution in [1.82, 2.24) is 15.3 Å². The number of carbonyl (C=O) groups excluding carboxylic acids is 1. The number of carboxylic acid groups (broad SMARTS) is 1. The Morgan fingerprint density at radius 2 is 1.96 bits per heavy atom. The number of rotatable bonds is 7. The zero-order chi connectivity index (χ0) is 20.0. The molecule has 1 heterocycles. The van der Waals surface area contributed by atoms with Gasteiger partial charge in [-0.15, -0.1) is 0 Å². The van der Waals surface area contributed by atoms with Crippen molar-refractivity contribution in [1.29, 1.82) is 0 Å². The van der Waals surface area contributed by atoms with E-state index >= 15 is 0 Å². The van der Waals surface area contributed by atoms with Crippen LogP contribution >= 0.6 is 0 Å². The van der Waals surface area contributed by atoms with Crippen molar-refractivity contribution >= 4 is 29.3 Å². The first kappa shape index (κ1) is 19.9. The Labute approximate surface area is 151 Å². The van der Waals surface area contributed by atoms with Gasteiger partial charge in [-0.05, 0) is 18.2 Å². The van der Waals surface area contributed by atoms with Crippen LogP contribution in [-0.2, 0) is 11.0 Å². The van der Waals surface area contributed by atoms with Crippen LogP contribution in [-0.4, -0.2) is 40.0 Å². The molecule has 0 saturated carbocycles. The molecular weight excluding hydrogens is 367 g/mol. The summed E-state index contributed by atoms with van der Waals surface area (Å²) in [6.45, 7) is 1.42. The minimum atomic E-state index is -4.67. The topological polar surface area (TPSA) is 116 Å². The molecule has 1 aromatic heterocycles. The Bertz CT molecular complexity index is 842. The number of carbonyl (C=O) groups is 2. The first-order valence-electron chi connectivity index (χ1n) is 7.69. The minimum Gasteiger partial charge on any atom is -0.478 e. The van der Waals surface area contributed by atoms with E-state index in [9.17, 15) is 22.8 Å². The number of hydrogen-bond donors (Lipinski definition) is 4. The van der Waals surface area contributed by atoms with Crippen molar-refractivity contribution in [3.8, 4) is 0 Å². The Kier molecular flexibility index (Phi) is 6.16. The molecule has 0 radical (unpaired) electrons. The molecule has 2 rings (SSSR count). The van der Waals surface area contributed by atoms with Crippen molar-refractivity contribution in [2.24, 2.45) is 0 Å². The molecule has 0 fully saturated rings. The second-order valence-corrected chi connectivity index (χ2v) is 5.37. The fourth-order valence-electron chi connectivity index (χ4n) is 2.06. The average molecular weight is 383 g/mol. The van der Waals surface area contributed by atoms with Crippen LogP contribution < -0.4 is 16.0 Å². The van der Waals surface area contributed by atoms with Crippen LogP contribution in [0.4, 0.5) is 30.6 Å². The third-order valence-electron chi connectivity index (χ3n) is 3.25. The van der Waals surface area contributed by atoms with Gasteiger partial charge in [-0.3, -0.25) is 4.79 Å². The lowest BCUT2D eigenvalue weighted by Crippen LogP contribution is -2.27. The van der Waals surface area contributed by atoms with Crippen LogP contribution in [0.2, 0.25) is 0 Å². The third kappa shape index (κ3) is 5.83. The number of nitrogens with one attached hydrogen (secondary N) is 3. The van der Waals surface area contributed by atoms with E-state index in [1.54, 1.807) is 0 Å². The van der Waals surface area contributed by atoms with Gasteiger partial charge in [-0.1, -0.05) is 6.07 Å². The smallest absolute Gasteiger partial charge is 0.421 e. The maximum absolute atomic E-state index is 13.1. The molecule has 1 amide bonds. The van der Waals surface area contributed by atoms with E-state index in [1.807, 2.05) is 0 Å². The predicted octanol–water partition coefficient (Wildman–Crippen LogP) is 2.49. The van der Waals surface area contributed by atoms with E-state index in [-0.39, 0.29) is 30.5 Å². The van der Waals surface area contributed by atoms with E-state index in [0.29, 0.717) is 11.9 Å². The van der Waals surface area contributed by atoms with Gasteiger partial charge >= 0.3 is 12.1 Å². The second kappa shape index (κ2) is 8.34. The van der Waals surface area contributed by atoms with Crippen LogP contribution in [0.1, 0.15) is 22.8 Å². The molecule has 0 atom stereocenters. The average Bonchev–Trinajstić information content (AvgIpc) is 2.58. The third-order valence-corrected chi connectivity index (χ3v) is 3.25. The summed E-state index contributed by atoms with van der Waals surface area (Å²) in [7, 11) is 0. The summed E-state index contributed by atoms with van der Waals surface area (Å²) in [5.74, 6) is -2.06. The van der Waals surface area contributed by atoms with Crippen molar-refractivity contribution in [3.05, 3.63) is 41.6 Å². The monoisotopic (exact) mass is 383 g/mol. The summed E-state index contributed by atoms with van der Waals surface area (Å²) < 4.78 is 39.3. The fraction of sp³-hybridized carbons (Fsp3) is 0.250. The van der Waals surface area contributed by atoms with Crippen LogP contribution in [0.25, 0.3) is 0 Å². The molecule has 1 aromatic carbocycles. The number of halogens is 3. The van der Waals surface area contributed by atoms with Gasteiger partial charge in [0, 0.05) is 31.9 Å². The second-order valence-electron chi connectivity index (χ2n) is 5.37. The predicted molar refractivity (Wildman–Crippen MR) is 90.9 cm³/mol. The number of aromatic nitrogens is 2. The SMILES string of the molecule is CC(=O)NCCNc1nc(Nc2cccc(C(=O)O)c2)ncc1C(F)(F)F. The molecular formula is C16H16F3N5O3. The van der Waals surface area contributed by atoms with Crippen LogP contribution in [0.5, 0.6) is 0 Å². The zero-order valence-electron chi connectivity index (χ0n) is 14.1. The largest absolute Gasteiger partial charge is 0.478 e. The van der Waals surface area contributed by atoms with Gasteiger partial charge in [-0.2, -0.15) is 18.2 Å². The molecule has 0 aliphatic carbocycles. The Morgan fingerprint density at radius 1 is 1.22 bits per heavy atom. The minimum absolute atomic E-state index is 0.000525. The zero-order valence-corrected chi connectivity index (χ0v) is 14.1. The number of benzene rings is 1. The summed E-state index contributed by atoms with van der Waals surface area (Å²) in [4.78, 5) is 29.2. The Morgan fingerprint density at radius 3 is 2.59 bits per heavy atom. The summed E-state index contributed by atoms with van der Waals surface area (Å²) in [5.41, 5.74) is -0.755. The van der Waals surface area contributed by atoms with Gasteiger partial charge < -0.3 is 21.1 Å². The number of hydrogen-bond acceptors (Lipinski definition) is 6. The van der Waals surface area contributed by atoms with Gasteiger partial charge in [-0.25, -0.2) is 9.78 Å². The quantitative estimate of drug-likeness (QED) is 0.543. The highest BCUT2D eigenvalue weighted by molar-refractivity contribution is 5.89. The van der Waals surface area contributed by atoms with Gasteiger partial charge in [0.2, 0.25) is 11.9 Å². The molecule has 0 aliphatic heterocycles. The molecule has 11 heteroatoms.